The smallest absolute Gasteiger partial charge is 0.246 e. The molecule has 1 aromatic carbocycles. The van der Waals surface area contributed by atoms with Crippen LogP contribution in [0.4, 0.5) is 0 Å². The molecule has 0 saturated carbocycles. The van der Waals surface area contributed by atoms with E-state index in [4.69, 9.17) is 0 Å². The minimum absolute atomic E-state index is 0.0178. The van der Waals surface area contributed by atoms with Gasteiger partial charge in [-0.3, -0.25) is 9.59 Å². The van der Waals surface area contributed by atoms with Gasteiger partial charge in [-0.15, -0.1) is 0 Å². The highest BCUT2D eigenvalue weighted by atomic mass is 16.2. The average molecular weight is 274 g/mol. The van der Waals surface area contributed by atoms with E-state index < -0.39 is 5.54 Å². The average Bonchev–Trinajstić information content (AvgIpc) is 2.49. The fourth-order valence-corrected chi connectivity index (χ4v) is 2.95. The van der Waals surface area contributed by atoms with Gasteiger partial charge in [-0.2, -0.15) is 0 Å². The molecule has 0 aliphatic carbocycles. The highest BCUT2D eigenvalue weighted by Crippen LogP contribution is 2.27. The lowest BCUT2D eigenvalue weighted by atomic mass is 9.87. The van der Waals surface area contributed by atoms with Gasteiger partial charge in [-0.05, 0) is 24.8 Å². The Balaban J connectivity index is 2.17. The van der Waals surface area contributed by atoms with E-state index in [1.807, 2.05) is 44.2 Å². The number of nitrogens with one attached hydrogen (secondary N) is 1. The Hall–Kier alpha value is -1.84. The molecule has 4 nitrogen and oxygen atoms in total. The summed E-state index contributed by atoms with van der Waals surface area (Å²) in [5.74, 6) is -0.000562. The van der Waals surface area contributed by atoms with Crippen LogP contribution in [-0.4, -0.2) is 35.3 Å². The van der Waals surface area contributed by atoms with Crippen molar-refractivity contribution >= 4 is 11.8 Å². The maximum absolute atomic E-state index is 12.2. The van der Waals surface area contributed by atoms with Crippen molar-refractivity contribution in [3.8, 4) is 0 Å². The summed E-state index contributed by atoms with van der Waals surface area (Å²) in [4.78, 5) is 26.2. The molecule has 1 N–H and O–H groups in total. The molecular formula is C16H22N2O2. The lowest BCUT2D eigenvalue weighted by Crippen LogP contribution is -2.67. The molecule has 2 amide bonds. The Morgan fingerprint density at radius 3 is 2.40 bits per heavy atom. The highest BCUT2D eigenvalue weighted by molar-refractivity contribution is 5.97. The largest absolute Gasteiger partial charge is 0.345 e. The summed E-state index contributed by atoms with van der Waals surface area (Å²) in [5, 5.41) is 2.72. The number of carbonyl (C=O) groups excluding carboxylic acids is 2. The summed E-state index contributed by atoms with van der Waals surface area (Å²) in [6, 6.07) is 10.1. The van der Waals surface area contributed by atoms with Gasteiger partial charge in [-0.25, -0.2) is 0 Å². The van der Waals surface area contributed by atoms with Gasteiger partial charge in [0.05, 0.1) is 6.54 Å². The minimum atomic E-state index is -0.676. The Bertz CT molecular complexity index is 481. The predicted molar refractivity (Wildman–Crippen MR) is 78.2 cm³/mol. The van der Waals surface area contributed by atoms with Crippen molar-refractivity contribution in [3.63, 3.8) is 0 Å². The van der Waals surface area contributed by atoms with Gasteiger partial charge in [0.25, 0.3) is 0 Å². The SMILES string of the molecule is CCC1(CC)C(=O)NCC(=O)N1CCc1ccccc1. The number of rotatable bonds is 5. The van der Waals surface area contributed by atoms with Gasteiger partial charge in [0.2, 0.25) is 11.8 Å². The van der Waals surface area contributed by atoms with E-state index in [2.05, 4.69) is 5.32 Å². The van der Waals surface area contributed by atoms with E-state index >= 15 is 0 Å². The van der Waals surface area contributed by atoms with Gasteiger partial charge in [-0.1, -0.05) is 44.2 Å². The predicted octanol–water partition coefficient (Wildman–Crippen LogP) is 1.75. The van der Waals surface area contributed by atoms with E-state index in [0.29, 0.717) is 19.4 Å². The van der Waals surface area contributed by atoms with E-state index in [0.717, 1.165) is 6.42 Å². The highest BCUT2D eigenvalue weighted by Gasteiger charge is 2.46. The molecule has 0 radical (unpaired) electrons. The van der Waals surface area contributed by atoms with Crippen LogP contribution in [0.5, 0.6) is 0 Å². The zero-order valence-electron chi connectivity index (χ0n) is 12.2. The van der Waals surface area contributed by atoms with Crippen molar-refractivity contribution in [3.05, 3.63) is 35.9 Å². The molecule has 2 rings (SSSR count). The van der Waals surface area contributed by atoms with Crippen molar-refractivity contribution in [2.75, 3.05) is 13.1 Å². The first kappa shape index (κ1) is 14.6. The van der Waals surface area contributed by atoms with Crippen LogP contribution in [0.1, 0.15) is 32.3 Å². The number of hydrogen-bond donors (Lipinski definition) is 1. The van der Waals surface area contributed by atoms with E-state index in [1.165, 1.54) is 5.56 Å². The van der Waals surface area contributed by atoms with Crippen molar-refractivity contribution in [1.82, 2.24) is 10.2 Å². The lowest BCUT2D eigenvalue weighted by Gasteiger charge is -2.45. The molecular weight excluding hydrogens is 252 g/mol. The van der Waals surface area contributed by atoms with Crippen LogP contribution < -0.4 is 5.32 Å². The second-order valence-corrected chi connectivity index (χ2v) is 5.20. The molecule has 1 aliphatic heterocycles. The molecule has 4 heteroatoms. The summed E-state index contributed by atoms with van der Waals surface area (Å²) in [5.41, 5.74) is 0.511. The second-order valence-electron chi connectivity index (χ2n) is 5.20. The fraction of sp³-hybridized carbons (Fsp3) is 0.500. The molecule has 0 spiro atoms. The Morgan fingerprint density at radius 1 is 1.15 bits per heavy atom. The Kier molecular flexibility index (Phi) is 4.42. The first-order valence-corrected chi connectivity index (χ1v) is 7.26. The molecule has 1 aromatic rings. The van der Waals surface area contributed by atoms with Crippen molar-refractivity contribution in [2.24, 2.45) is 0 Å². The molecule has 1 saturated heterocycles. The van der Waals surface area contributed by atoms with E-state index in [9.17, 15) is 9.59 Å². The maximum atomic E-state index is 12.2. The van der Waals surface area contributed by atoms with Gasteiger partial charge < -0.3 is 10.2 Å². The molecule has 0 bridgehead atoms. The minimum Gasteiger partial charge on any atom is -0.345 e. The van der Waals surface area contributed by atoms with Crippen LogP contribution in [-0.2, 0) is 16.0 Å². The van der Waals surface area contributed by atoms with Gasteiger partial charge in [0.15, 0.2) is 0 Å². The molecule has 0 unspecified atom stereocenters. The van der Waals surface area contributed by atoms with Gasteiger partial charge in [0.1, 0.15) is 5.54 Å². The van der Waals surface area contributed by atoms with Crippen molar-refractivity contribution in [1.29, 1.82) is 0 Å². The topological polar surface area (TPSA) is 49.4 Å². The quantitative estimate of drug-likeness (QED) is 0.889. The summed E-state index contributed by atoms with van der Waals surface area (Å²) in [6.45, 7) is 4.65. The van der Waals surface area contributed by atoms with Crippen LogP contribution in [0, 0.1) is 0 Å². The van der Waals surface area contributed by atoms with Crippen LogP contribution in [0.15, 0.2) is 30.3 Å². The number of piperazine rings is 1. The molecule has 108 valence electrons. The summed E-state index contributed by atoms with van der Waals surface area (Å²) < 4.78 is 0. The number of hydrogen-bond acceptors (Lipinski definition) is 2. The molecule has 1 aliphatic rings. The summed E-state index contributed by atoms with van der Waals surface area (Å²) in [6.07, 6.45) is 2.08. The molecule has 0 aromatic heterocycles. The van der Waals surface area contributed by atoms with Crippen LogP contribution in [0.2, 0.25) is 0 Å². The zero-order chi connectivity index (χ0) is 14.6. The number of amides is 2. The Labute approximate surface area is 120 Å². The summed E-state index contributed by atoms with van der Waals surface area (Å²) in [7, 11) is 0. The third-order valence-electron chi connectivity index (χ3n) is 4.28. The number of nitrogens with zero attached hydrogens (tertiary/aromatic N) is 1. The summed E-state index contributed by atoms with van der Waals surface area (Å²) >= 11 is 0. The number of carbonyl (C=O) groups is 2. The normalized spacial score (nSPS) is 18.0. The lowest BCUT2D eigenvalue weighted by molar-refractivity contribution is -0.154. The molecule has 0 atom stereocenters. The first-order chi connectivity index (χ1) is 9.64. The fourth-order valence-electron chi connectivity index (χ4n) is 2.95. The standard InChI is InChI=1S/C16H22N2O2/c1-3-16(4-2)15(20)17-12-14(19)18(16)11-10-13-8-6-5-7-9-13/h5-9H,3-4,10-12H2,1-2H3,(H,17,20). The third kappa shape index (κ3) is 2.55. The molecule has 1 fully saturated rings. The van der Waals surface area contributed by atoms with Crippen molar-refractivity contribution in [2.45, 2.75) is 38.6 Å². The van der Waals surface area contributed by atoms with Gasteiger partial charge in [0, 0.05) is 6.54 Å². The maximum Gasteiger partial charge on any atom is 0.246 e. The first-order valence-electron chi connectivity index (χ1n) is 7.26. The molecule has 20 heavy (non-hydrogen) atoms. The van der Waals surface area contributed by atoms with E-state index in [1.54, 1.807) is 4.90 Å². The third-order valence-corrected chi connectivity index (χ3v) is 4.28. The van der Waals surface area contributed by atoms with Gasteiger partial charge >= 0.3 is 0 Å². The molecule has 1 heterocycles. The monoisotopic (exact) mass is 274 g/mol. The van der Waals surface area contributed by atoms with E-state index in [-0.39, 0.29) is 18.4 Å². The zero-order valence-corrected chi connectivity index (χ0v) is 12.2. The van der Waals surface area contributed by atoms with Crippen LogP contribution >= 0.6 is 0 Å². The second kappa shape index (κ2) is 6.07. The van der Waals surface area contributed by atoms with Crippen molar-refractivity contribution < 1.29 is 9.59 Å². The van der Waals surface area contributed by atoms with Crippen LogP contribution in [0.3, 0.4) is 0 Å². The Morgan fingerprint density at radius 2 is 1.80 bits per heavy atom. The van der Waals surface area contributed by atoms with Crippen LogP contribution in [0.25, 0.3) is 0 Å². The number of benzene rings is 1.